The van der Waals surface area contributed by atoms with Gasteiger partial charge in [0.25, 0.3) is 0 Å². The zero-order chi connectivity index (χ0) is 18.6. The van der Waals surface area contributed by atoms with Crippen LogP contribution in [0.4, 0.5) is 10.1 Å². The summed E-state index contributed by atoms with van der Waals surface area (Å²) in [4.78, 5) is 21.9. The number of hydrogen-bond donors (Lipinski definition) is 0. The van der Waals surface area contributed by atoms with Gasteiger partial charge in [0.05, 0.1) is 11.4 Å². The van der Waals surface area contributed by atoms with E-state index in [1.54, 1.807) is 0 Å². The van der Waals surface area contributed by atoms with Crippen LogP contribution in [0.25, 0.3) is 5.82 Å². The van der Waals surface area contributed by atoms with E-state index in [0.29, 0.717) is 19.4 Å². The Morgan fingerprint density at radius 1 is 1.33 bits per heavy atom. The molecule has 142 valence electrons. The smallest absolute Gasteiger partial charge is 0.225 e. The summed E-state index contributed by atoms with van der Waals surface area (Å²) >= 11 is 0. The van der Waals surface area contributed by atoms with E-state index in [1.807, 2.05) is 17.2 Å². The molecule has 0 aromatic carbocycles. The summed E-state index contributed by atoms with van der Waals surface area (Å²) in [5.74, 6) is 0.965. The SMILES string of the molecule is CCCN1c2cccnc2-n2cccc2C12CCN(C(=O)C1CC(F)C1)C2. The zero-order valence-corrected chi connectivity index (χ0v) is 15.6. The van der Waals surface area contributed by atoms with Crippen LogP contribution in [-0.2, 0) is 10.3 Å². The van der Waals surface area contributed by atoms with Crippen molar-refractivity contribution in [3.8, 4) is 5.82 Å². The molecular weight excluding hydrogens is 343 g/mol. The molecule has 0 N–H and O–H groups in total. The highest BCUT2D eigenvalue weighted by Gasteiger charge is 2.51. The average molecular weight is 368 g/mol. The predicted octanol–water partition coefficient (Wildman–Crippen LogP) is 3.28. The molecule has 4 heterocycles. The van der Waals surface area contributed by atoms with Gasteiger partial charge in [0.1, 0.15) is 11.7 Å². The van der Waals surface area contributed by atoms with Gasteiger partial charge >= 0.3 is 0 Å². The van der Waals surface area contributed by atoms with Crippen LogP contribution < -0.4 is 4.90 Å². The van der Waals surface area contributed by atoms with Crippen molar-refractivity contribution >= 4 is 11.6 Å². The van der Waals surface area contributed by atoms with Crippen molar-refractivity contribution in [3.05, 3.63) is 42.4 Å². The quantitative estimate of drug-likeness (QED) is 0.835. The number of amides is 1. The topological polar surface area (TPSA) is 41.4 Å². The molecular formula is C21H25FN4O. The lowest BCUT2D eigenvalue weighted by Gasteiger charge is -2.47. The van der Waals surface area contributed by atoms with Crippen LogP contribution in [0, 0.1) is 5.92 Å². The fourth-order valence-corrected chi connectivity index (χ4v) is 5.08. The Labute approximate surface area is 158 Å². The first-order valence-corrected chi connectivity index (χ1v) is 9.98. The normalized spacial score (nSPS) is 28.8. The summed E-state index contributed by atoms with van der Waals surface area (Å²) in [7, 11) is 0. The first-order valence-electron chi connectivity index (χ1n) is 9.98. The van der Waals surface area contributed by atoms with Crippen molar-refractivity contribution in [2.24, 2.45) is 5.92 Å². The second-order valence-electron chi connectivity index (χ2n) is 8.07. The summed E-state index contributed by atoms with van der Waals surface area (Å²) in [5, 5.41) is 0. The molecule has 1 aliphatic carbocycles. The maximum Gasteiger partial charge on any atom is 0.225 e. The Morgan fingerprint density at radius 3 is 2.96 bits per heavy atom. The molecule has 5 nitrogen and oxygen atoms in total. The Balaban J connectivity index is 1.54. The van der Waals surface area contributed by atoms with Crippen molar-refractivity contribution in [2.75, 3.05) is 24.5 Å². The predicted molar refractivity (Wildman–Crippen MR) is 102 cm³/mol. The fraction of sp³-hybridized carbons (Fsp3) is 0.524. The van der Waals surface area contributed by atoms with E-state index in [9.17, 15) is 9.18 Å². The van der Waals surface area contributed by atoms with E-state index in [4.69, 9.17) is 0 Å². The summed E-state index contributed by atoms with van der Waals surface area (Å²) in [6, 6.07) is 8.34. The van der Waals surface area contributed by atoms with E-state index in [1.165, 1.54) is 5.69 Å². The second-order valence-corrected chi connectivity index (χ2v) is 8.07. The molecule has 3 aliphatic rings. The lowest BCUT2D eigenvalue weighted by atomic mass is 9.82. The van der Waals surface area contributed by atoms with Crippen LogP contribution >= 0.6 is 0 Å². The van der Waals surface area contributed by atoms with E-state index in [-0.39, 0.29) is 17.4 Å². The molecule has 1 amide bonds. The van der Waals surface area contributed by atoms with Crippen molar-refractivity contribution in [1.82, 2.24) is 14.5 Å². The van der Waals surface area contributed by atoms with Gasteiger partial charge in [-0.15, -0.1) is 0 Å². The molecule has 27 heavy (non-hydrogen) atoms. The molecule has 0 radical (unpaired) electrons. The first kappa shape index (κ1) is 16.8. The molecule has 1 saturated heterocycles. The molecule has 1 saturated carbocycles. The van der Waals surface area contributed by atoms with Gasteiger partial charge in [0, 0.05) is 37.9 Å². The number of nitrogens with zero attached hydrogens (tertiary/aromatic N) is 4. The van der Waals surface area contributed by atoms with Crippen LogP contribution in [0.2, 0.25) is 0 Å². The van der Waals surface area contributed by atoms with Gasteiger partial charge in [0.2, 0.25) is 5.91 Å². The molecule has 5 rings (SSSR count). The molecule has 6 heteroatoms. The minimum atomic E-state index is -0.794. The van der Waals surface area contributed by atoms with Crippen molar-refractivity contribution in [1.29, 1.82) is 0 Å². The highest BCUT2D eigenvalue weighted by atomic mass is 19.1. The van der Waals surface area contributed by atoms with Gasteiger partial charge in [-0.2, -0.15) is 0 Å². The minimum Gasteiger partial charge on any atom is -0.355 e. The van der Waals surface area contributed by atoms with E-state index >= 15 is 0 Å². The van der Waals surface area contributed by atoms with Gasteiger partial charge in [-0.05, 0) is 49.9 Å². The number of rotatable bonds is 3. The maximum atomic E-state index is 13.3. The number of likely N-dealkylation sites (tertiary alicyclic amines) is 1. The van der Waals surface area contributed by atoms with Gasteiger partial charge in [0.15, 0.2) is 5.82 Å². The third kappa shape index (κ3) is 2.35. The minimum absolute atomic E-state index is 0.126. The maximum absolute atomic E-state index is 13.3. The Kier molecular flexibility index (Phi) is 3.78. The fourth-order valence-electron chi connectivity index (χ4n) is 5.08. The first-order chi connectivity index (χ1) is 13.1. The molecule has 2 aromatic heterocycles. The number of pyridine rings is 1. The Bertz CT molecular complexity index is 875. The van der Waals surface area contributed by atoms with Gasteiger partial charge < -0.3 is 14.4 Å². The number of aromatic nitrogens is 2. The number of carbonyl (C=O) groups excluding carboxylic acids is 1. The molecule has 2 aromatic rings. The van der Waals surface area contributed by atoms with Crippen molar-refractivity contribution in [3.63, 3.8) is 0 Å². The van der Waals surface area contributed by atoms with Gasteiger partial charge in [-0.25, -0.2) is 9.37 Å². The number of fused-ring (bicyclic) bond motifs is 4. The van der Waals surface area contributed by atoms with Crippen molar-refractivity contribution < 1.29 is 9.18 Å². The Morgan fingerprint density at radius 2 is 2.19 bits per heavy atom. The van der Waals surface area contributed by atoms with E-state index in [2.05, 4.69) is 45.8 Å². The molecule has 2 fully saturated rings. The zero-order valence-electron chi connectivity index (χ0n) is 15.6. The molecule has 1 unspecified atom stereocenters. The summed E-state index contributed by atoms with van der Waals surface area (Å²) < 4.78 is 15.4. The summed E-state index contributed by atoms with van der Waals surface area (Å²) in [5.41, 5.74) is 2.10. The van der Waals surface area contributed by atoms with Crippen LogP contribution in [0.1, 0.15) is 38.3 Å². The van der Waals surface area contributed by atoms with Gasteiger partial charge in [-0.1, -0.05) is 6.92 Å². The highest BCUT2D eigenvalue weighted by Crippen LogP contribution is 2.47. The number of anilines is 1. The Hall–Kier alpha value is -2.37. The largest absolute Gasteiger partial charge is 0.355 e. The number of carbonyl (C=O) groups is 1. The van der Waals surface area contributed by atoms with Crippen LogP contribution in [0.5, 0.6) is 0 Å². The van der Waals surface area contributed by atoms with Crippen LogP contribution in [-0.4, -0.2) is 46.2 Å². The molecule has 0 bridgehead atoms. The number of halogens is 1. The second kappa shape index (κ2) is 6.08. The molecule has 1 spiro atoms. The third-order valence-corrected chi connectivity index (χ3v) is 6.46. The lowest BCUT2D eigenvalue weighted by molar-refractivity contribution is -0.139. The average Bonchev–Trinajstić information content (AvgIpc) is 3.31. The summed E-state index contributed by atoms with van der Waals surface area (Å²) in [6.45, 7) is 4.50. The third-order valence-electron chi connectivity index (χ3n) is 6.46. The lowest BCUT2D eigenvalue weighted by Crippen LogP contribution is -2.53. The van der Waals surface area contributed by atoms with Gasteiger partial charge in [-0.3, -0.25) is 4.79 Å². The van der Waals surface area contributed by atoms with E-state index in [0.717, 1.165) is 37.4 Å². The summed E-state index contributed by atoms with van der Waals surface area (Å²) in [6.07, 6.45) is 5.81. The van der Waals surface area contributed by atoms with Crippen LogP contribution in [0.15, 0.2) is 36.7 Å². The monoisotopic (exact) mass is 368 g/mol. The highest BCUT2D eigenvalue weighted by molar-refractivity contribution is 5.81. The number of hydrogen-bond acceptors (Lipinski definition) is 3. The molecule has 2 aliphatic heterocycles. The molecule has 1 atom stereocenters. The number of alkyl halides is 1. The standard InChI is InChI=1S/C21H25FN4O/c1-2-9-26-17-5-3-8-23-19(17)25-10-4-6-18(25)21(26)7-11-24(14-21)20(27)15-12-16(22)13-15/h3-6,8,10,15-16H,2,7,9,11-14H2,1H3. The van der Waals surface area contributed by atoms with E-state index < -0.39 is 6.17 Å². The van der Waals surface area contributed by atoms with Crippen molar-refractivity contribution in [2.45, 2.75) is 44.3 Å². The van der Waals surface area contributed by atoms with Crippen LogP contribution in [0.3, 0.4) is 0 Å².